The number of H-pyrrole nitrogens is 1. The number of nitrogens with zero attached hydrogens (tertiary/aromatic N) is 1. The predicted molar refractivity (Wildman–Crippen MR) is 85.1 cm³/mol. The van der Waals surface area contributed by atoms with E-state index >= 15 is 0 Å². The highest BCUT2D eigenvalue weighted by Crippen LogP contribution is 2.20. The summed E-state index contributed by atoms with van der Waals surface area (Å²) < 4.78 is 5.75. The molecular weight excluding hydrogens is 282 g/mol. The maximum Gasteiger partial charge on any atom is 0.260 e. The summed E-state index contributed by atoms with van der Waals surface area (Å²) in [5.74, 6) is -0.343. The van der Waals surface area contributed by atoms with Crippen molar-refractivity contribution in [1.29, 1.82) is 0 Å². The highest BCUT2D eigenvalue weighted by atomic mass is 16.5. The molecule has 1 amide bonds. The van der Waals surface area contributed by atoms with Gasteiger partial charge >= 0.3 is 0 Å². The zero-order chi connectivity index (χ0) is 16.3. The number of ether oxygens (including phenoxy) is 1. The minimum absolute atomic E-state index is 0.141. The van der Waals surface area contributed by atoms with E-state index in [1.54, 1.807) is 6.07 Å². The summed E-state index contributed by atoms with van der Waals surface area (Å²) in [6.07, 6.45) is 1.87. The summed E-state index contributed by atoms with van der Waals surface area (Å²) in [6, 6.07) is 3.17. The van der Waals surface area contributed by atoms with Crippen LogP contribution in [0.5, 0.6) is 0 Å². The Hall–Kier alpha value is -1.66. The van der Waals surface area contributed by atoms with Crippen LogP contribution in [0.15, 0.2) is 23.1 Å². The molecule has 0 bridgehead atoms. The third kappa shape index (κ3) is 3.96. The van der Waals surface area contributed by atoms with Gasteiger partial charge in [0, 0.05) is 31.4 Å². The molecule has 0 radical (unpaired) electrons. The van der Waals surface area contributed by atoms with Gasteiger partial charge in [0.15, 0.2) is 0 Å². The van der Waals surface area contributed by atoms with E-state index in [4.69, 9.17) is 4.74 Å². The van der Waals surface area contributed by atoms with Gasteiger partial charge < -0.3 is 15.0 Å². The monoisotopic (exact) mass is 307 g/mol. The smallest absolute Gasteiger partial charge is 0.260 e. The lowest BCUT2D eigenvalue weighted by Crippen LogP contribution is -2.58. The highest BCUT2D eigenvalue weighted by molar-refractivity contribution is 5.93. The van der Waals surface area contributed by atoms with Gasteiger partial charge in [-0.25, -0.2) is 0 Å². The quantitative estimate of drug-likeness (QED) is 0.870. The number of morpholine rings is 1. The van der Waals surface area contributed by atoms with Crippen LogP contribution < -0.4 is 10.9 Å². The Morgan fingerprint density at radius 2 is 2.05 bits per heavy atom. The lowest BCUT2D eigenvalue weighted by molar-refractivity contribution is -0.0948. The number of hydrogen-bond donors (Lipinski definition) is 2. The fourth-order valence-corrected chi connectivity index (χ4v) is 2.78. The van der Waals surface area contributed by atoms with Gasteiger partial charge in [-0.3, -0.25) is 14.5 Å². The van der Waals surface area contributed by atoms with Crippen molar-refractivity contribution in [2.45, 2.75) is 45.4 Å². The molecule has 6 nitrogen and oxygen atoms in total. The van der Waals surface area contributed by atoms with E-state index in [9.17, 15) is 9.59 Å². The molecule has 122 valence electrons. The fraction of sp³-hybridized carbons (Fsp3) is 0.625. The third-order valence-electron chi connectivity index (χ3n) is 4.02. The van der Waals surface area contributed by atoms with Crippen LogP contribution in [0, 0.1) is 0 Å². The van der Waals surface area contributed by atoms with E-state index < -0.39 is 0 Å². The molecule has 0 aliphatic carbocycles. The average molecular weight is 307 g/mol. The second-order valence-electron chi connectivity index (χ2n) is 6.57. The number of carbonyl (C=O) groups is 1. The van der Waals surface area contributed by atoms with Gasteiger partial charge in [-0.15, -0.1) is 0 Å². The summed E-state index contributed by atoms with van der Waals surface area (Å²) in [5.41, 5.74) is -0.433. The van der Waals surface area contributed by atoms with Crippen molar-refractivity contribution in [3.8, 4) is 0 Å². The summed E-state index contributed by atoms with van der Waals surface area (Å²) in [7, 11) is 0. The van der Waals surface area contributed by atoms with Gasteiger partial charge in [0.05, 0.1) is 12.2 Å². The Labute approximate surface area is 130 Å². The van der Waals surface area contributed by atoms with Crippen LogP contribution in [0.3, 0.4) is 0 Å². The van der Waals surface area contributed by atoms with Crippen LogP contribution in [-0.4, -0.2) is 53.2 Å². The predicted octanol–water partition coefficient (Wildman–Crippen LogP) is 0.993. The molecule has 2 heterocycles. The molecular formula is C16H25N3O3. The first-order chi connectivity index (χ1) is 10.3. The second kappa shape index (κ2) is 6.62. The molecule has 6 heteroatoms. The van der Waals surface area contributed by atoms with Crippen molar-refractivity contribution >= 4 is 5.91 Å². The number of aromatic nitrogens is 1. The molecule has 22 heavy (non-hydrogen) atoms. The van der Waals surface area contributed by atoms with Gasteiger partial charge in [0.2, 0.25) is 0 Å². The van der Waals surface area contributed by atoms with Gasteiger partial charge in [-0.1, -0.05) is 0 Å². The molecule has 2 N–H and O–H groups in total. The molecule has 0 unspecified atom stereocenters. The number of carbonyl (C=O) groups excluding carboxylic acids is 1. The first-order valence-corrected chi connectivity index (χ1v) is 7.66. The molecule has 1 fully saturated rings. The van der Waals surface area contributed by atoms with Gasteiger partial charge in [0.1, 0.15) is 5.56 Å². The number of amides is 1. The Kier molecular flexibility index (Phi) is 5.03. The van der Waals surface area contributed by atoms with E-state index in [1.807, 2.05) is 0 Å². The molecule has 0 aromatic carbocycles. The van der Waals surface area contributed by atoms with Crippen molar-refractivity contribution in [3.05, 3.63) is 34.2 Å². The lowest BCUT2D eigenvalue weighted by Gasteiger charge is -2.45. The van der Waals surface area contributed by atoms with Crippen molar-refractivity contribution in [3.63, 3.8) is 0 Å². The topological polar surface area (TPSA) is 74.4 Å². The normalized spacial score (nSPS) is 23.3. The molecule has 0 spiro atoms. The summed E-state index contributed by atoms with van der Waals surface area (Å²) in [6.45, 7) is 10.4. The van der Waals surface area contributed by atoms with Crippen LogP contribution in [-0.2, 0) is 4.74 Å². The summed E-state index contributed by atoms with van der Waals surface area (Å²) in [4.78, 5) is 28.6. The Morgan fingerprint density at radius 3 is 2.64 bits per heavy atom. The zero-order valence-electron chi connectivity index (χ0n) is 13.7. The Balaban J connectivity index is 1.99. The Bertz CT molecular complexity index is 572. The van der Waals surface area contributed by atoms with E-state index in [0.29, 0.717) is 6.54 Å². The number of nitrogens with one attached hydrogen (secondary N) is 2. The maximum absolute atomic E-state index is 12.1. The molecule has 1 aromatic rings. The Morgan fingerprint density at radius 1 is 1.41 bits per heavy atom. The summed E-state index contributed by atoms with van der Waals surface area (Å²) in [5, 5.41) is 2.87. The lowest BCUT2D eigenvalue weighted by atomic mass is 10.00. The molecule has 1 aliphatic heterocycles. The highest BCUT2D eigenvalue weighted by Gasteiger charge is 2.33. The van der Waals surface area contributed by atoms with Crippen molar-refractivity contribution in [1.82, 2.24) is 15.2 Å². The average Bonchev–Trinajstić information content (AvgIpc) is 2.44. The SMILES string of the molecule is C[C@H]1CN(C(C)(C)CNC(=O)c2ccc[nH]c2=O)C[C@H](C)O1. The van der Waals surface area contributed by atoms with Gasteiger partial charge in [-0.05, 0) is 39.8 Å². The summed E-state index contributed by atoms with van der Waals surface area (Å²) >= 11 is 0. The van der Waals surface area contributed by atoms with Crippen molar-refractivity contribution in [2.75, 3.05) is 19.6 Å². The first-order valence-electron chi connectivity index (χ1n) is 7.66. The van der Waals surface area contributed by atoms with Crippen molar-refractivity contribution < 1.29 is 9.53 Å². The van der Waals surface area contributed by atoms with Crippen LogP contribution in [0.4, 0.5) is 0 Å². The molecule has 1 saturated heterocycles. The number of hydrogen-bond acceptors (Lipinski definition) is 4. The molecule has 0 saturated carbocycles. The first kappa shape index (κ1) is 16.7. The van der Waals surface area contributed by atoms with Crippen LogP contribution in [0.2, 0.25) is 0 Å². The minimum Gasteiger partial charge on any atom is -0.373 e. The number of rotatable bonds is 4. The fourth-order valence-electron chi connectivity index (χ4n) is 2.78. The third-order valence-corrected chi connectivity index (χ3v) is 4.02. The largest absolute Gasteiger partial charge is 0.373 e. The van der Waals surface area contributed by atoms with Crippen LogP contribution >= 0.6 is 0 Å². The van der Waals surface area contributed by atoms with Gasteiger partial charge in [-0.2, -0.15) is 0 Å². The van der Waals surface area contributed by atoms with E-state index in [1.165, 1.54) is 12.3 Å². The van der Waals surface area contributed by atoms with E-state index in [2.05, 4.69) is 42.9 Å². The maximum atomic E-state index is 12.1. The molecule has 2 rings (SSSR count). The minimum atomic E-state index is -0.369. The molecule has 2 atom stereocenters. The zero-order valence-corrected chi connectivity index (χ0v) is 13.7. The molecule has 1 aliphatic rings. The number of aromatic amines is 1. The van der Waals surface area contributed by atoms with Crippen molar-refractivity contribution in [2.24, 2.45) is 0 Å². The standard InChI is InChI=1S/C16H25N3O3/c1-11-8-19(9-12(2)22-11)16(3,4)10-18-15(21)13-6-5-7-17-14(13)20/h5-7,11-12H,8-10H2,1-4H3,(H,17,20)(H,18,21)/t11-,12-/m0/s1. The van der Waals surface area contributed by atoms with Gasteiger partial charge in [0.25, 0.3) is 11.5 Å². The van der Waals surface area contributed by atoms with Crippen LogP contribution in [0.25, 0.3) is 0 Å². The molecule has 1 aromatic heterocycles. The second-order valence-corrected chi connectivity index (χ2v) is 6.57. The number of pyridine rings is 1. The van der Waals surface area contributed by atoms with E-state index in [-0.39, 0.29) is 34.8 Å². The van der Waals surface area contributed by atoms with E-state index in [0.717, 1.165) is 13.1 Å². The van der Waals surface area contributed by atoms with Crippen LogP contribution in [0.1, 0.15) is 38.1 Å².